The number of carbonyl (C=O) groups is 1. The zero-order chi connectivity index (χ0) is 23.8. The number of hydrogen-bond acceptors (Lipinski definition) is 7. The number of nitrogens with one attached hydrogen (secondary N) is 1. The van der Waals surface area contributed by atoms with Gasteiger partial charge in [-0.15, -0.1) is 0 Å². The van der Waals surface area contributed by atoms with Gasteiger partial charge in [-0.25, -0.2) is 9.78 Å². The molecule has 1 saturated heterocycles. The molecule has 2 aromatic heterocycles. The molecule has 178 valence electrons. The van der Waals surface area contributed by atoms with Crippen LogP contribution in [0, 0.1) is 5.92 Å². The lowest BCUT2D eigenvalue weighted by atomic mass is 10.1. The molecule has 35 heavy (non-hydrogen) atoms. The Balaban J connectivity index is 1.37. The molecule has 0 atom stereocenters. The standard InChI is InChI=1S/C26H26N6O3/c33-25(34)18-5-7-21(8-6-18)28-24-14-22(29-26(30-24)31-9-11-35-12-10-31)19-3-4-20-15-27-32(23(20)13-19)16-17-1-2-17/h3-8,13-15,17H,1-2,9-12,16H2,(H,33,34)(H,28,29,30). The van der Waals surface area contributed by atoms with E-state index < -0.39 is 5.97 Å². The summed E-state index contributed by atoms with van der Waals surface area (Å²) in [6, 6.07) is 14.9. The van der Waals surface area contributed by atoms with Gasteiger partial charge in [0, 0.05) is 42.3 Å². The second-order valence-corrected chi connectivity index (χ2v) is 9.09. The van der Waals surface area contributed by atoms with Gasteiger partial charge in [-0.1, -0.05) is 12.1 Å². The smallest absolute Gasteiger partial charge is 0.335 e. The van der Waals surface area contributed by atoms with Crippen molar-refractivity contribution in [1.82, 2.24) is 19.7 Å². The van der Waals surface area contributed by atoms with Crippen LogP contribution < -0.4 is 10.2 Å². The summed E-state index contributed by atoms with van der Waals surface area (Å²) < 4.78 is 7.61. The first kappa shape index (κ1) is 21.5. The fraction of sp³-hybridized carbons (Fsp3) is 0.308. The Kier molecular flexibility index (Phi) is 5.54. The highest BCUT2D eigenvalue weighted by Gasteiger charge is 2.23. The van der Waals surface area contributed by atoms with Crippen molar-refractivity contribution in [3.63, 3.8) is 0 Å². The lowest BCUT2D eigenvalue weighted by Crippen LogP contribution is -2.37. The minimum absolute atomic E-state index is 0.240. The van der Waals surface area contributed by atoms with Crippen molar-refractivity contribution in [3.8, 4) is 11.3 Å². The van der Waals surface area contributed by atoms with Crippen molar-refractivity contribution in [3.05, 3.63) is 60.3 Å². The number of carboxylic acid groups (broad SMARTS) is 1. The van der Waals surface area contributed by atoms with Crippen molar-refractivity contribution in [1.29, 1.82) is 0 Å². The van der Waals surface area contributed by atoms with Gasteiger partial charge in [0.25, 0.3) is 0 Å². The van der Waals surface area contributed by atoms with E-state index >= 15 is 0 Å². The third-order valence-electron chi connectivity index (χ3n) is 6.48. The van der Waals surface area contributed by atoms with E-state index in [-0.39, 0.29) is 5.56 Å². The first-order chi connectivity index (χ1) is 17.1. The molecule has 1 aliphatic heterocycles. The van der Waals surface area contributed by atoms with Crippen LogP contribution in [0.15, 0.2) is 54.7 Å². The zero-order valence-corrected chi connectivity index (χ0v) is 19.2. The molecule has 2 fully saturated rings. The van der Waals surface area contributed by atoms with E-state index in [1.54, 1.807) is 24.3 Å². The molecule has 9 nitrogen and oxygen atoms in total. The van der Waals surface area contributed by atoms with Crippen molar-refractivity contribution in [2.75, 3.05) is 36.5 Å². The van der Waals surface area contributed by atoms with E-state index in [9.17, 15) is 9.90 Å². The average Bonchev–Trinajstić information content (AvgIpc) is 3.62. The van der Waals surface area contributed by atoms with Crippen molar-refractivity contribution in [2.45, 2.75) is 19.4 Å². The van der Waals surface area contributed by atoms with Gasteiger partial charge in [0.1, 0.15) is 5.82 Å². The number of rotatable bonds is 7. The Morgan fingerprint density at radius 1 is 1.06 bits per heavy atom. The number of anilines is 3. The summed E-state index contributed by atoms with van der Waals surface area (Å²) in [7, 11) is 0. The van der Waals surface area contributed by atoms with Gasteiger partial charge in [-0.3, -0.25) is 4.68 Å². The number of hydrogen-bond donors (Lipinski definition) is 2. The maximum Gasteiger partial charge on any atom is 0.335 e. The van der Waals surface area contributed by atoms with Crippen LogP contribution in [-0.2, 0) is 11.3 Å². The lowest BCUT2D eigenvalue weighted by molar-refractivity contribution is 0.0697. The number of ether oxygens (including phenoxy) is 1. The monoisotopic (exact) mass is 470 g/mol. The molecule has 0 spiro atoms. The second-order valence-electron chi connectivity index (χ2n) is 9.09. The SMILES string of the molecule is O=C(O)c1ccc(Nc2cc(-c3ccc4cnn(CC5CC5)c4c3)nc(N3CCOCC3)n2)cc1. The topological polar surface area (TPSA) is 105 Å². The highest BCUT2D eigenvalue weighted by atomic mass is 16.5. The minimum atomic E-state index is -0.952. The fourth-order valence-electron chi connectivity index (χ4n) is 4.32. The summed E-state index contributed by atoms with van der Waals surface area (Å²) in [5.74, 6) is 1.07. The first-order valence-electron chi connectivity index (χ1n) is 11.9. The number of benzene rings is 2. The van der Waals surface area contributed by atoms with Gasteiger partial charge in [0.2, 0.25) is 5.95 Å². The molecule has 1 saturated carbocycles. The molecular formula is C26H26N6O3. The largest absolute Gasteiger partial charge is 0.478 e. The zero-order valence-electron chi connectivity index (χ0n) is 19.2. The molecular weight excluding hydrogens is 444 g/mol. The Labute approximate surface area is 202 Å². The number of aromatic nitrogens is 4. The Bertz CT molecular complexity index is 1370. The summed E-state index contributed by atoms with van der Waals surface area (Å²) in [5.41, 5.74) is 3.91. The third kappa shape index (κ3) is 4.67. The van der Waals surface area contributed by atoms with Gasteiger partial charge in [0.15, 0.2) is 0 Å². The molecule has 1 aliphatic carbocycles. The van der Waals surface area contributed by atoms with E-state index in [0.717, 1.165) is 53.4 Å². The summed E-state index contributed by atoms with van der Waals surface area (Å²) >= 11 is 0. The second kappa shape index (κ2) is 8.99. The first-order valence-corrected chi connectivity index (χ1v) is 11.9. The van der Waals surface area contributed by atoms with Gasteiger partial charge in [-0.05, 0) is 49.1 Å². The van der Waals surface area contributed by atoms with E-state index in [2.05, 4.69) is 38.2 Å². The summed E-state index contributed by atoms with van der Waals surface area (Å²) in [6.45, 7) is 3.68. The molecule has 3 heterocycles. The highest BCUT2D eigenvalue weighted by molar-refractivity contribution is 5.88. The molecule has 2 N–H and O–H groups in total. The molecule has 2 aromatic carbocycles. The molecule has 0 radical (unpaired) electrons. The molecule has 2 aliphatic rings. The van der Waals surface area contributed by atoms with E-state index in [0.29, 0.717) is 25.0 Å². The maximum atomic E-state index is 11.2. The summed E-state index contributed by atoms with van der Waals surface area (Å²) in [4.78, 5) is 23.0. The van der Waals surface area contributed by atoms with E-state index in [1.807, 2.05) is 12.3 Å². The van der Waals surface area contributed by atoms with Gasteiger partial charge in [-0.2, -0.15) is 10.1 Å². The van der Waals surface area contributed by atoms with Crippen LogP contribution in [0.3, 0.4) is 0 Å². The van der Waals surface area contributed by atoms with Crippen LogP contribution in [-0.4, -0.2) is 57.1 Å². The van der Waals surface area contributed by atoms with Crippen LogP contribution in [0.1, 0.15) is 23.2 Å². The number of nitrogens with zero attached hydrogens (tertiary/aromatic N) is 5. The predicted octanol–water partition coefficient (Wildman–Crippen LogP) is 4.18. The number of fused-ring (bicyclic) bond motifs is 1. The normalized spacial score (nSPS) is 15.9. The van der Waals surface area contributed by atoms with Gasteiger partial charge < -0.3 is 20.1 Å². The molecule has 0 unspecified atom stereocenters. The van der Waals surface area contributed by atoms with Crippen molar-refractivity contribution < 1.29 is 14.6 Å². The predicted molar refractivity (Wildman–Crippen MR) is 133 cm³/mol. The van der Waals surface area contributed by atoms with Crippen LogP contribution in [0.5, 0.6) is 0 Å². The molecule has 0 amide bonds. The molecule has 4 aromatic rings. The number of carboxylic acids is 1. The maximum absolute atomic E-state index is 11.2. The van der Waals surface area contributed by atoms with Crippen LogP contribution >= 0.6 is 0 Å². The van der Waals surface area contributed by atoms with Crippen molar-refractivity contribution >= 4 is 34.3 Å². The Morgan fingerprint density at radius 2 is 1.86 bits per heavy atom. The van der Waals surface area contributed by atoms with Crippen LogP contribution in [0.2, 0.25) is 0 Å². The van der Waals surface area contributed by atoms with Crippen LogP contribution in [0.4, 0.5) is 17.5 Å². The lowest BCUT2D eigenvalue weighted by Gasteiger charge is -2.27. The van der Waals surface area contributed by atoms with Crippen LogP contribution in [0.25, 0.3) is 22.2 Å². The highest BCUT2D eigenvalue weighted by Crippen LogP contribution is 2.33. The van der Waals surface area contributed by atoms with Gasteiger partial charge >= 0.3 is 5.97 Å². The third-order valence-corrected chi connectivity index (χ3v) is 6.48. The van der Waals surface area contributed by atoms with Gasteiger partial charge in [0.05, 0.1) is 36.2 Å². The minimum Gasteiger partial charge on any atom is -0.478 e. The Hall–Kier alpha value is -3.98. The molecule has 0 bridgehead atoms. The number of morpholine rings is 1. The van der Waals surface area contributed by atoms with Crippen molar-refractivity contribution in [2.24, 2.45) is 5.92 Å². The molecule has 6 rings (SSSR count). The summed E-state index contributed by atoms with van der Waals surface area (Å²) in [5, 5.41) is 18.2. The fourth-order valence-corrected chi connectivity index (χ4v) is 4.32. The number of aromatic carboxylic acids is 1. The summed E-state index contributed by atoms with van der Waals surface area (Å²) in [6.07, 6.45) is 4.48. The Morgan fingerprint density at radius 3 is 2.60 bits per heavy atom. The average molecular weight is 471 g/mol. The van der Waals surface area contributed by atoms with E-state index in [1.165, 1.54) is 12.8 Å². The molecule has 9 heteroatoms. The van der Waals surface area contributed by atoms with E-state index in [4.69, 9.17) is 14.7 Å². The quantitative estimate of drug-likeness (QED) is 0.414.